The normalized spacial score (nSPS) is 20.4. The highest BCUT2D eigenvalue weighted by molar-refractivity contribution is 5.78. The molecular weight excluding hydrogens is 150 g/mol. The van der Waals surface area contributed by atoms with Crippen molar-refractivity contribution in [2.45, 2.75) is 52.1 Å². The Hall–Kier alpha value is -0.530. The van der Waals surface area contributed by atoms with Gasteiger partial charge in [-0.3, -0.25) is 4.99 Å². The van der Waals surface area contributed by atoms with E-state index in [1.54, 1.807) is 0 Å². The first-order valence-electron chi connectivity index (χ1n) is 4.98. The summed E-state index contributed by atoms with van der Waals surface area (Å²) in [7, 11) is 0. The van der Waals surface area contributed by atoms with E-state index in [1.807, 2.05) is 0 Å². The molecule has 12 heavy (non-hydrogen) atoms. The first-order chi connectivity index (χ1) is 5.76. The summed E-state index contributed by atoms with van der Waals surface area (Å²) in [6.45, 7) is 7.38. The zero-order valence-corrected chi connectivity index (χ0v) is 8.39. The molecule has 0 saturated carbocycles. The van der Waals surface area contributed by atoms with E-state index in [0.29, 0.717) is 0 Å². The Morgan fingerprint density at radius 3 is 2.42 bits per heavy atom. The third-order valence-electron chi connectivity index (χ3n) is 2.63. The van der Waals surface area contributed by atoms with Crippen molar-refractivity contribution < 1.29 is 4.74 Å². The van der Waals surface area contributed by atoms with Crippen molar-refractivity contribution in [1.82, 2.24) is 0 Å². The zero-order chi connectivity index (χ0) is 9.03. The summed E-state index contributed by atoms with van der Waals surface area (Å²) in [4.78, 5) is 4.42. The maximum atomic E-state index is 5.84. The average Bonchev–Trinajstić information content (AvgIpc) is 2.50. The minimum atomic E-state index is 0.0461. The van der Waals surface area contributed by atoms with Crippen molar-refractivity contribution in [2.24, 2.45) is 4.99 Å². The molecule has 1 heterocycles. The minimum Gasteiger partial charge on any atom is -0.473 e. The van der Waals surface area contributed by atoms with Gasteiger partial charge in [0.05, 0.1) is 6.54 Å². The predicted molar refractivity (Wildman–Crippen MR) is 51.6 cm³/mol. The fraction of sp³-hybridized carbons (Fsp3) is 0.900. The van der Waals surface area contributed by atoms with Crippen LogP contribution < -0.4 is 0 Å². The highest BCUT2D eigenvalue weighted by Crippen LogP contribution is 2.27. The second-order valence-electron chi connectivity index (χ2n) is 3.45. The first-order valence-corrected chi connectivity index (χ1v) is 4.98. The van der Waals surface area contributed by atoms with Crippen LogP contribution in [0.1, 0.15) is 46.5 Å². The van der Waals surface area contributed by atoms with E-state index in [4.69, 9.17) is 4.74 Å². The monoisotopic (exact) mass is 169 g/mol. The van der Waals surface area contributed by atoms with Gasteiger partial charge < -0.3 is 4.74 Å². The van der Waals surface area contributed by atoms with Crippen LogP contribution in [0.4, 0.5) is 0 Å². The first kappa shape index (κ1) is 9.56. The summed E-state index contributed by atoms with van der Waals surface area (Å²) in [5.41, 5.74) is 0.0461. The van der Waals surface area contributed by atoms with Crippen molar-refractivity contribution in [1.29, 1.82) is 0 Å². The number of nitrogens with zero attached hydrogens (tertiary/aromatic N) is 1. The number of ether oxygens (including phenoxy) is 1. The standard InChI is InChI=1S/C10H19NO/c1-4-7-9-11-8-10(5-2,6-3)12-9/h4-8H2,1-3H3. The van der Waals surface area contributed by atoms with Gasteiger partial charge in [-0.2, -0.15) is 0 Å². The molecular formula is C10H19NO. The van der Waals surface area contributed by atoms with Crippen LogP contribution in [0.5, 0.6) is 0 Å². The molecule has 0 unspecified atom stereocenters. The third kappa shape index (κ3) is 1.79. The summed E-state index contributed by atoms with van der Waals surface area (Å²) in [6.07, 6.45) is 4.27. The molecule has 0 amide bonds. The molecule has 1 rings (SSSR count). The van der Waals surface area contributed by atoms with Crippen LogP contribution in [0.25, 0.3) is 0 Å². The van der Waals surface area contributed by atoms with Crippen LogP contribution in [0.2, 0.25) is 0 Å². The summed E-state index contributed by atoms with van der Waals surface area (Å²) < 4.78 is 5.84. The van der Waals surface area contributed by atoms with E-state index in [1.165, 1.54) is 0 Å². The van der Waals surface area contributed by atoms with Gasteiger partial charge in [-0.15, -0.1) is 0 Å². The molecule has 0 N–H and O–H groups in total. The lowest BCUT2D eigenvalue weighted by Gasteiger charge is -2.25. The summed E-state index contributed by atoms with van der Waals surface area (Å²) in [6, 6.07) is 0. The molecule has 0 fully saturated rings. The van der Waals surface area contributed by atoms with Crippen LogP contribution in [-0.2, 0) is 4.74 Å². The molecule has 0 atom stereocenters. The highest BCUT2D eigenvalue weighted by Gasteiger charge is 2.33. The second-order valence-corrected chi connectivity index (χ2v) is 3.45. The van der Waals surface area contributed by atoms with Crippen LogP contribution in [0.3, 0.4) is 0 Å². The Kier molecular flexibility index (Phi) is 3.12. The van der Waals surface area contributed by atoms with Crippen LogP contribution in [0.15, 0.2) is 4.99 Å². The third-order valence-corrected chi connectivity index (χ3v) is 2.63. The molecule has 70 valence electrons. The Bertz CT molecular complexity index is 171. The van der Waals surface area contributed by atoms with Crippen molar-refractivity contribution >= 4 is 5.90 Å². The highest BCUT2D eigenvalue weighted by atomic mass is 16.5. The second kappa shape index (κ2) is 3.92. The smallest absolute Gasteiger partial charge is 0.184 e. The SMILES string of the molecule is CCCC1=NCC(CC)(CC)O1. The molecule has 0 aliphatic carbocycles. The van der Waals surface area contributed by atoms with Crippen molar-refractivity contribution in [3.05, 3.63) is 0 Å². The maximum Gasteiger partial charge on any atom is 0.184 e. The Balaban J connectivity index is 2.48. The summed E-state index contributed by atoms with van der Waals surface area (Å²) >= 11 is 0. The van der Waals surface area contributed by atoms with Gasteiger partial charge in [0.2, 0.25) is 0 Å². The quantitative estimate of drug-likeness (QED) is 0.634. The van der Waals surface area contributed by atoms with E-state index >= 15 is 0 Å². The van der Waals surface area contributed by atoms with Gasteiger partial charge in [0, 0.05) is 6.42 Å². The minimum absolute atomic E-state index is 0.0461. The molecule has 0 saturated heterocycles. The van der Waals surface area contributed by atoms with E-state index in [9.17, 15) is 0 Å². The lowest BCUT2D eigenvalue weighted by atomic mass is 9.98. The molecule has 0 spiro atoms. The zero-order valence-electron chi connectivity index (χ0n) is 8.39. The van der Waals surface area contributed by atoms with Crippen LogP contribution in [-0.4, -0.2) is 18.0 Å². The molecule has 2 nitrogen and oxygen atoms in total. The van der Waals surface area contributed by atoms with E-state index < -0.39 is 0 Å². The largest absolute Gasteiger partial charge is 0.473 e. The van der Waals surface area contributed by atoms with Gasteiger partial charge in [-0.25, -0.2) is 0 Å². The van der Waals surface area contributed by atoms with Crippen molar-refractivity contribution in [3.8, 4) is 0 Å². The average molecular weight is 169 g/mol. The Morgan fingerprint density at radius 1 is 1.33 bits per heavy atom. The molecule has 0 radical (unpaired) electrons. The topological polar surface area (TPSA) is 21.6 Å². The number of hydrogen-bond donors (Lipinski definition) is 0. The summed E-state index contributed by atoms with van der Waals surface area (Å²) in [5, 5.41) is 0. The molecule has 0 aromatic rings. The molecule has 2 heteroatoms. The lowest BCUT2D eigenvalue weighted by Crippen LogP contribution is -2.31. The van der Waals surface area contributed by atoms with E-state index in [2.05, 4.69) is 25.8 Å². The number of hydrogen-bond acceptors (Lipinski definition) is 2. The fourth-order valence-electron chi connectivity index (χ4n) is 1.51. The van der Waals surface area contributed by atoms with Gasteiger partial charge in [0.25, 0.3) is 0 Å². The number of aliphatic imine (C=N–C) groups is 1. The molecule has 1 aliphatic heterocycles. The van der Waals surface area contributed by atoms with Gasteiger partial charge >= 0.3 is 0 Å². The van der Waals surface area contributed by atoms with Gasteiger partial charge in [-0.1, -0.05) is 20.8 Å². The van der Waals surface area contributed by atoms with Crippen molar-refractivity contribution in [2.75, 3.05) is 6.54 Å². The van der Waals surface area contributed by atoms with Crippen LogP contribution >= 0.6 is 0 Å². The van der Waals surface area contributed by atoms with E-state index in [0.717, 1.165) is 38.1 Å². The molecule has 0 aromatic carbocycles. The lowest BCUT2D eigenvalue weighted by molar-refractivity contribution is 0.0758. The molecule has 0 bridgehead atoms. The van der Waals surface area contributed by atoms with Crippen molar-refractivity contribution in [3.63, 3.8) is 0 Å². The Morgan fingerprint density at radius 2 is 2.00 bits per heavy atom. The van der Waals surface area contributed by atoms with Gasteiger partial charge in [-0.05, 0) is 19.3 Å². The fourth-order valence-corrected chi connectivity index (χ4v) is 1.51. The molecule has 0 aromatic heterocycles. The van der Waals surface area contributed by atoms with Gasteiger partial charge in [0.15, 0.2) is 5.90 Å². The van der Waals surface area contributed by atoms with E-state index in [-0.39, 0.29) is 5.60 Å². The number of rotatable bonds is 4. The molecule has 1 aliphatic rings. The maximum absolute atomic E-state index is 5.84. The van der Waals surface area contributed by atoms with Gasteiger partial charge in [0.1, 0.15) is 5.60 Å². The van der Waals surface area contributed by atoms with Crippen LogP contribution in [0, 0.1) is 0 Å². The summed E-state index contributed by atoms with van der Waals surface area (Å²) in [5.74, 6) is 0.973. The predicted octanol–water partition coefficient (Wildman–Crippen LogP) is 2.77. The Labute approximate surface area is 75.0 Å².